The molecule has 17 heavy (non-hydrogen) atoms. The van der Waals surface area contributed by atoms with Crippen LogP contribution in [0.15, 0.2) is 0 Å². The Morgan fingerprint density at radius 2 is 1.82 bits per heavy atom. The molecule has 1 aliphatic carbocycles. The first kappa shape index (κ1) is 13.4. The maximum atomic E-state index is 6.09. The van der Waals surface area contributed by atoms with Gasteiger partial charge in [-0.1, -0.05) is 33.1 Å². The van der Waals surface area contributed by atoms with Crippen LogP contribution in [-0.4, -0.2) is 30.6 Å². The summed E-state index contributed by atoms with van der Waals surface area (Å²) < 4.78 is 0. The predicted octanol–water partition coefficient (Wildman–Crippen LogP) is 2.87. The zero-order chi connectivity index (χ0) is 12.5. The van der Waals surface area contributed by atoms with E-state index in [4.69, 9.17) is 5.73 Å². The minimum Gasteiger partial charge on any atom is -0.327 e. The Kier molecular flexibility index (Phi) is 4.14. The van der Waals surface area contributed by atoms with Crippen molar-refractivity contribution in [2.75, 3.05) is 19.6 Å². The summed E-state index contributed by atoms with van der Waals surface area (Å²) in [6.45, 7) is 10.6. The molecule has 1 saturated heterocycles. The number of nitrogens with two attached hydrogens (primary N) is 1. The lowest BCUT2D eigenvalue weighted by Crippen LogP contribution is -2.49. The number of nitrogens with zero attached hydrogens (tertiary/aromatic N) is 1. The van der Waals surface area contributed by atoms with Crippen LogP contribution in [0.25, 0.3) is 0 Å². The molecule has 3 unspecified atom stereocenters. The lowest BCUT2D eigenvalue weighted by atomic mass is 9.74. The Balaban J connectivity index is 1.87. The van der Waals surface area contributed by atoms with E-state index in [1.165, 1.54) is 51.7 Å². The van der Waals surface area contributed by atoms with Crippen LogP contribution in [0.5, 0.6) is 0 Å². The van der Waals surface area contributed by atoms with Crippen LogP contribution in [0.2, 0.25) is 0 Å². The van der Waals surface area contributed by atoms with Crippen LogP contribution in [-0.2, 0) is 0 Å². The summed E-state index contributed by atoms with van der Waals surface area (Å²) in [5.74, 6) is 2.03. The first-order valence-corrected chi connectivity index (χ1v) is 7.47. The SMILES string of the molecule is CC(N)C(C)(C)CN1CCC2CCCCC2C1. The Hall–Kier alpha value is -0.0800. The second-order valence-electron chi connectivity index (χ2n) is 7.11. The quantitative estimate of drug-likeness (QED) is 0.819. The molecule has 100 valence electrons. The van der Waals surface area contributed by atoms with Gasteiger partial charge in [-0.25, -0.2) is 0 Å². The molecule has 0 bridgehead atoms. The maximum Gasteiger partial charge on any atom is 0.00739 e. The third-order valence-corrected chi connectivity index (χ3v) is 5.24. The van der Waals surface area contributed by atoms with Gasteiger partial charge in [-0.05, 0) is 43.6 Å². The molecule has 1 aliphatic heterocycles. The van der Waals surface area contributed by atoms with E-state index in [1.54, 1.807) is 0 Å². The van der Waals surface area contributed by atoms with Gasteiger partial charge in [0.25, 0.3) is 0 Å². The van der Waals surface area contributed by atoms with Crippen molar-refractivity contribution in [3.8, 4) is 0 Å². The lowest BCUT2D eigenvalue weighted by molar-refractivity contribution is 0.0552. The normalized spacial score (nSPS) is 33.2. The monoisotopic (exact) mass is 238 g/mol. The Bertz CT molecular complexity index is 247. The molecule has 1 heterocycles. The van der Waals surface area contributed by atoms with E-state index in [1.807, 2.05) is 0 Å². The zero-order valence-corrected chi connectivity index (χ0v) is 11.9. The van der Waals surface area contributed by atoms with Crippen molar-refractivity contribution < 1.29 is 0 Å². The summed E-state index contributed by atoms with van der Waals surface area (Å²) >= 11 is 0. The Morgan fingerprint density at radius 3 is 2.47 bits per heavy atom. The summed E-state index contributed by atoms with van der Waals surface area (Å²) in [6, 6.07) is 0.284. The van der Waals surface area contributed by atoms with Crippen molar-refractivity contribution in [1.29, 1.82) is 0 Å². The van der Waals surface area contributed by atoms with Gasteiger partial charge in [-0.3, -0.25) is 0 Å². The van der Waals surface area contributed by atoms with Crippen molar-refractivity contribution in [3.05, 3.63) is 0 Å². The highest BCUT2D eigenvalue weighted by Gasteiger charge is 2.34. The molecule has 1 saturated carbocycles. The van der Waals surface area contributed by atoms with Gasteiger partial charge in [0.1, 0.15) is 0 Å². The van der Waals surface area contributed by atoms with Gasteiger partial charge in [-0.2, -0.15) is 0 Å². The van der Waals surface area contributed by atoms with Crippen LogP contribution in [0.4, 0.5) is 0 Å². The second-order valence-corrected chi connectivity index (χ2v) is 7.11. The van der Waals surface area contributed by atoms with E-state index in [9.17, 15) is 0 Å². The van der Waals surface area contributed by atoms with Crippen molar-refractivity contribution in [1.82, 2.24) is 4.90 Å². The van der Waals surface area contributed by atoms with Crippen LogP contribution < -0.4 is 5.73 Å². The highest BCUT2D eigenvalue weighted by Crippen LogP contribution is 2.37. The third kappa shape index (κ3) is 3.23. The third-order valence-electron chi connectivity index (χ3n) is 5.24. The van der Waals surface area contributed by atoms with Gasteiger partial charge in [0.15, 0.2) is 0 Å². The fraction of sp³-hybridized carbons (Fsp3) is 1.00. The molecular weight excluding hydrogens is 208 g/mol. The standard InChI is InChI=1S/C15H30N2/c1-12(16)15(2,3)11-17-9-8-13-6-4-5-7-14(13)10-17/h12-14H,4-11,16H2,1-3H3. The molecule has 3 atom stereocenters. The molecule has 2 fully saturated rings. The highest BCUT2D eigenvalue weighted by molar-refractivity contribution is 4.87. The number of fused-ring (bicyclic) bond motifs is 1. The van der Waals surface area contributed by atoms with Gasteiger partial charge >= 0.3 is 0 Å². The largest absolute Gasteiger partial charge is 0.327 e. The number of piperidine rings is 1. The summed E-state index contributed by atoms with van der Waals surface area (Å²) in [5.41, 5.74) is 6.34. The molecule has 2 rings (SSSR count). The summed E-state index contributed by atoms with van der Waals surface area (Å²) in [6.07, 6.45) is 7.34. The van der Waals surface area contributed by atoms with Crippen LogP contribution >= 0.6 is 0 Å². The van der Waals surface area contributed by atoms with Gasteiger partial charge in [-0.15, -0.1) is 0 Å². The fourth-order valence-electron chi connectivity index (χ4n) is 3.54. The number of likely N-dealkylation sites (tertiary alicyclic amines) is 1. The number of rotatable bonds is 3. The summed E-state index contributed by atoms with van der Waals surface area (Å²) in [5, 5.41) is 0. The molecular formula is C15H30N2. The summed E-state index contributed by atoms with van der Waals surface area (Å²) in [4.78, 5) is 2.68. The Morgan fingerprint density at radius 1 is 1.18 bits per heavy atom. The molecule has 0 radical (unpaired) electrons. The van der Waals surface area contributed by atoms with Crippen LogP contribution in [0, 0.1) is 17.3 Å². The predicted molar refractivity (Wildman–Crippen MR) is 73.9 cm³/mol. The molecule has 2 aliphatic rings. The van der Waals surface area contributed by atoms with Gasteiger partial charge in [0.05, 0.1) is 0 Å². The van der Waals surface area contributed by atoms with E-state index < -0.39 is 0 Å². The van der Waals surface area contributed by atoms with E-state index >= 15 is 0 Å². The molecule has 0 spiro atoms. The molecule has 0 aromatic carbocycles. The van der Waals surface area contributed by atoms with E-state index in [2.05, 4.69) is 25.7 Å². The average molecular weight is 238 g/mol. The molecule has 2 nitrogen and oxygen atoms in total. The zero-order valence-electron chi connectivity index (χ0n) is 11.9. The first-order valence-electron chi connectivity index (χ1n) is 7.47. The highest BCUT2D eigenvalue weighted by atomic mass is 15.1. The van der Waals surface area contributed by atoms with E-state index in [0.717, 1.165) is 11.8 Å². The van der Waals surface area contributed by atoms with Gasteiger partial charge in [0, 0.05) is 19.1 Å². The molecule has 2 N–H and O–H groups in total. The fourth-order valence-corrected chi connectivity index (χ4v) is 3.54. The molecule has 2 heteroatoms. The second kappa shape index (κ2) is 5.27. The van der Waals surface area contributed by atoms with Crippen molar-refractivity contribution in [3.63, 3.8) is 0 Å². The van der Waals surface area contributed by atoms with Crippen molar-refractivity contribution in [2.24, 2.45) is 23.0 Å². The van der Waals surface area contributed by atoms with Gasteiger partial charge in [0.2, 0.25) is 0 Å². The number of hydrogen-bond donors (Lipinski definition) is 1. The minimum atomic E-state index is 0.251. The smallest absolute Gasteiger partial charge is 0.00739 e. The minimum absolute atomic E-state index is 0.251. The van der Waals surface area contributed by atoms with Crippen molar-refractivity contribution >= 4 is 0 Å². The lowest BCUT2D eigenvalue weighted by Gasteiger charge is -2.44. The summed E-state index contributed by atoms with van der Waals surface area (Å²) in [7, 11) is 0. The van der Waals surface area contributed by atoms with Crippen LogP contribution in [0.3, 0.4) is 0 Å². The first-order chi connectivity index (χ1) is 7.99. The van der Waals surface area contributed by atoms with E-state index in [-0.39, 0.29) is 11.5 Å². The number of hydrogen-bond acceptors (Lipinski definition) is 2. The molecule has 0 aromatic rings. The van der Waals surface area contributed by atoms with Crippen molar-refractivity contribution in [2.45, 2.75) is 58.9 Å². The average Bonchev–Trinajstić information content (AvgIpc) is 2.28. The Labute approximate surface area is 107 Å². The maximum absolute atomic E-state index is 6.09. The topological polar surface area (TPSA) is 29.3 Å². The van der Waals surface area contributed by atoms with E-state index in [0.29, 0.717) is 0 Å². The van der Waals surface area contributed by atoms with Crippen LogP contribution in [0.1, 0.15) is 52.9 Å². The molecule has 0 amide bonds. The molecule has 0 aromatic heterocycles. The van der Waals surface area contributed by atoms with Gasteiger partial charge < -0.3 is 10.6 Å².